The molecule has 5 aromatic rings. The van der Waals surface area contributed by atoms with Crippen LogP contribution in [-0.2, 0) is 62.7 Å². The first kappa shape index (κ1) is 53.3. The number of alkyl halides is 8. The number of aliphatic hydroxyl groups is 1. The summed E-state index contributed by atoms with van der Waals surface area (Å²) in [6.07, 6.45) is -9.99. The number of pyridine rings is 1. The van der Waals surface area contributed by atoms with Crippen molar-refractivity contribution in [2.45, 2.75) is 87.6 Å². The number of urea groups is 1. The van der Waals surface area contributed by atoms with Gasteiger partial charge in [-0.25, -0.2) is 30.4 Å². The highest BCUT2D eigenvalue weighted by Crippen LogP contribution is 2.68. The summed E-state index contributed by atoms with van der Waals surface area (Å²) in [6, 6.07) is 3.86. The lowest BCUT2D eigenvalue weighted by Gasteiger charge is -2.25. The van der Waals surface area contributed by atoms with Crippen LogP contribution in [0.5, 0.6) is 0 Å². The SMILES string of the molecule is CN(CCO)C(=O)N(c1nn(CC(F)(F)F)c2c(-c3ccc(CCC(C)(C)S(C)(=O)=O)nc3[C@H](Cc3cc(F)cc(F)c3)NC(=O)Cn3nc(C(F)(F)F)c4c3C(F)(F)C3C[C@H]43)ccc(Cl)c12)S(C)(=O)=O. The zero-order valence-electron chi connectivity index (χ0n) is 37.9. The molecular weight excluding hydrogens is 1030 g/mol. The van der Waals surface area contributed by atoms with Crippen molar-refractivity contribution in [1.29, 1.82) is 0 Å². The second kappa shape index (κ2) is 18.5. The lowest BCUT2D eigenvalue weighted by Crippen LogP contribution is -2.45. The first-order valence-electron chi connectivity index (χ1n) is 21.3. The Kier molecular flexibility index (Phi) is 13.9. The van der Waals surface area contributed by atoms with Crippen LogP contribution >= 0.6 is 11.6 Å². The molecule has 2 aromatic carbocycles. The van der Waals surface area contributed by atoms with Crippen molar-refractivity contribution in [2.75, 3.05) is 37.0 Å². The second-order valence-corrected chi connectivity index (χ2v) is 23.0. The molecule has 28 heteroatoms. The van der Waals surface area contributed by atoms with Crippen LogP contribution in [-0.4, -0.2) is 107 Å². The van der Waals surface area contributed by atoms with Gasteiger partial charge in [-0.15, -0.1) is 0 Å². The Balaban J connectivity index is 1.47. The van der Waals surface area contributed by atoms with Crippen molar-refractivity contribution >= 4 is 60.1 Å². The maximum absolute atomic E-state index is 15.6. The predicted molar refractivity (Wildman–Crippen MR) is 237 cm³/mol. The van der Waals surface area contributed by atoms with Crippen LogP contribution in [0.15, 0.2) is 42.5 Å². The highest BCUT2D eigenvalue weighted by molar-refractivity contribution is 7.93. The van der Waals surface area contributed by atoms with Crippen LogP contribution in [0.4, 0.5) is 54.5 Å². The molecule has 0 bridgehead atoms. The summed E-state index contributed by atoms with van der Waals surface area (Å²) >= 11 is 6.63. The molecule has 3 heterocycles. The van der Waals surface area contributed by atoms with Crippen molar-refractivity contribution in [1.82, 2.24) is 34.8 Å². The number of hydrogen-bond acceptors (Lipinski definition) is 10. The lowest BCUT2D eigenvalue weighted by atomic mass is 9.93. The minimum absolute atomic E-state index is 0.0548. The third-order valence-corrected chi connectivity index (χ3v) is 15.9. The Morgan fingerprint density at radius 2 is 1.59 bits per heavy atom. The quantitative estimate of drug-likeness (QED) is 0.0928. The lowest BCUT2D eigenvalue weighted by molar-refractivity contribution is -0.143. The van der Waals surface area contributed by atoms with Gasteiger partial charge in [0.05, 0.1) is 45.3 Å². The molecule has 3 amide bonds. The van der Waals surface area contributed by atoms with E-state index in [1.54, 1.807) is 0 Å². The summed E-state index contributed by atoms with van der Waals surface area (Å²) in [5.41, 5.74) is -5.20. The summed E-state index contributed by atoms with van der Waals surface area (Å²) in [6.45, 7) is -1.54. The number of rotatable bonds is 16. The number of aliphatic hydroxyl groups excluding tert-OH is 1. The normalized spacial score (nSPS) is 17.3. The molecule has 0 aliphatic heterocycles. The molecule has 0 saturated heterocycles. The standard InChI is InChI=1S/C43H43ClF10N8O7S2/c1-40(2,70(4,66)67)11-10-24-6-7-25(26-8-9-29(44)33-35(26)61(20-41(47,48)49)58-38(33)62(71(5,68)69)39(65)59(3)12-13-63)34(55-24)30(16-21-14-22(45)17-23(46)15-21)56-31(64)19-60-37-32(36(57-60)43(52,53)54)27-18-28(27)42(37,50)51/h6-9,14-15,17,27-28,30,63H,10-13,16,18-20H2,1-5H3,(H,56,64)/t27-,28?,30-/m0/s1. The Morgan fingerprint density at radius 1 is 0.958 bits per heavy atom. The third kappa shape index (κ3) is 10.7. The van der Waals surface area contributed by atoms with Gasteiger partial charge in [0.1, 0.15) is 30.4 Å². The van der Waals surface area contributed by atoms with E-state index in [2.05, 4.69) is 15.5 Å². The average molecular weight is 1070 g/mol. The maximum atomic E-state index is 15.6. The number of sulfone groups is 1. The van der Waals surface area contributed by atoms with Gasteiger partial charge in [0.2, 0.25) is 15.9 Å². The molecule has 1 fully saturated rings. The van der Waals surface area contributed by atoms with Gasteiger partial charge in [-0.05, 0) is 75.3 Å². The fraction of sp³-hybridized carbons (Fsp3) is 0.465. The fourth-order valence-electron chi connectivity index (χ4n) is 8.61. The zero-order valence-corrected chi connectivity index (χ0v) is 40.3. The number of nitrogens with zero attached hydrogens (tertiary/aromatic N) is 7. The third-order valence-electron chi connectivity index (χ3n) is 12.4. The molecule has 2 aliphatic carbocycles. The van der Waals surface area contributed by atoms with Gasteiger partial charge in [0.15, 0.2) is 21.3 Å². The highest BCUT2D eigenvalue weighted by atomic mass is 35.5. The van der Waals surface area contributed by atoms with E-state index >= 15 is 8.78 Å². The van der Waals surface area contributed by atoms with E-state index in [1.807, 2.05) is 0 Å². The number of sulfonamides is 1. The van der Waals surface area contributed by atoms with Gasteiger partial charge in [-0.1, -0.05) is 23.7 Å². The van der Waals surface area contributed by atoms with E-state index in [1.165, 1.54) is 26.0 Å². The molecule has 3 atom stereocenters. The largest absolute Gasteiger partial charge is 0.435 e. The summed E-state index contributed by atoms with van der Waals surface area (Å²) in [7, 11) is -7.44. The number of likely N-dealkylation sites (N-methyl/N-ethyl adjacent to an activating group) is 1. The smallest absolute Gasteiger partial charge is 0.395 e. The topological polar surface area (TPSA) is 190 Å². The number of aryl methyl sites for hydroxylation is 1. The molecule has 386 valence electrons. The molecule has 1 unspecified atom stereocenters. The highest BCUT2D eigenvalue weighted by Gasteiger charge is 2.68. The van der Waals surface area contributed by atoms with Crippen molar-refractivity contribution in [3.63, 3.8) is 0 Å². The van der Waals surface area contributed by atoms with E-state index in [-0.39, 0.29) is 61.0 Å². The van der Waals surface area contributed by atoms with Crippen molar-refractivity contribution in [2.24, 2.45) is 5.92 Å². The number of halogens is 11. The molecule has 15 nitrogen and oxygen atoms in total. The Labute approximate surface area is 403 Å². The molecule has 7 rings (SSSR count). The number of aromatic nitrogens is 5. The second-order valence-electron chi connectivity index (χ2n) is 18.1. The van der Waals surface area contributed by atoms with E-state index in [9.17, 15) is 66.7 Å². The van der Waals surface area contributed by atoms with E-state index < -0.39 is 156 Å². The molecule has 3 aromatic heterocycles. The van der Waals surface area contributed by atoms with Crippen molar-refractivity contribution < 1.29 is 75.4 Å². The molecule has 1 saturated carbocycles. The number of fused-ring (bicyclic) bond motifs is 4. The Hall–Kier alpha value is -5.54. The zero-order chi connectivity index (χ0) is 52.7. The van der Waals surface area contributed by atoms with E-state index in [0.717, 1.165) is 42.5 Å². The van der Waals surface area contributed by atoms with Gasteiger partial charge in [-0.2, -0.15) is 49.6 Å². The molecule has 71 heavy (non-hydrogen) atoms. The number of carbonyl (C=O) groups is 2. The number of anilines is 1. The number of amides is 3. The van der Waals surface area contributed by atoms with Crippen LogP contribution < -0.4 is 9.62 Å². The van der Waals surface area contributed by atoms with Crippen LogP contribution in [0.2, 0.25) is 5.02 Å². The molecule has 2 aliphatic rings. The van der Waals surface area contributed by atoms with E-state index in [4.69, 9.17) is 16.6 Å². The van der Waals surface area contributed by atoms with Gasteiger partial charge >= 0.3 is 18.4 Å². The van der Waals surface area contributed by atoms with Gasteiger partial charge in [0.25, 0.3) is 5.92 Å². The summed E-state index contributed by atoms with van der Waals surface area (Å²) < 4.78 is 198. The minimum atomic E-state index is -5.21. The average Bonchev–Trinajstić information content (AvgIpc) is 3.74. The molecule has 0 radical (unpaired) electrons. The minimum Gasteiger partial charge on any atom is -0.395 e. The molecule has 0 spiro atoms. The molecular formula is C43H43ClF10N8O7S2. The number of benzene rings is 2. The Bertz CT molecular complexity index is 3160. The van der Waals surface area contributed by atoms with Gasteiger partial charge in [-0.3, -0.25) is 19.1 Å². The summed E-state index contributed by atoms with van der Waals surface area (Å²) in [5.74, 6) is -11.0. The Morgan fingerprint density at radius 3 is 2.17 bits per heavy atom. The van der Waals surface area contributed by atoms with Crippen molar-refractivity contribution in [3.8, 4) is 11.1 Å². The first-order chi connectivity index (χ1) is 32.6. The number of carbonyl (C=O) groups excluding carboxylic acids is 2. The van der Waals surface area contributed by atoms with Crippen LogP contribution in [0.1, 0.15) is 72.6 Å². The monoisotopic (exact) mass is 1070 g/mol. The van der Waals surface area contributed by atoms with Crippen LogP contribution in [0, 0.1) is 17.6 Å². The fourth-order valence-corrected chi connectivity index (χ4v) is 10.2. The predicted octanol–water partition coefficient (Wildman–Crippen LogP) is 7.68. The number of hydrogen-bond donors (Lipinski definition) is 2. The first-order valence-corrected chi connectivity index (χ1v) is 25.4. The maximum Gasteiger partial charge on any atom is 0.435 e. The van der Waals surface area contributed by atoms with Crippen LogP contribution in [0.3, 0.4) is 0 Å². The van der Waals surface area contributed by atoms with Crippen molar-refractivity contribution in [3.05, 3.63) is 93.0 Å². The van der Waals surface area contributed by atoms with Gasteiger partial charge < -0.3 is 15.3 Å². The van der Waals surface area contributed by atoms with E-state index in [0.29, 0.717) is 12.3 Å². The van der Waals surface area contributed by atoms with Crippen LogP contribution in [0.25, 0.3) is 22.0 Å². The molecule has 2 N–H and O–H groups in total. The summed E-state index contributed by atoms with van der Waals surface area (Å²) in [5, 5.41) is 18.3. The summed E-state index contributed by atoms with van der Waals surface area (Å²) in [4.78, 5) is 33.3. The van der Waals surface area contributed by atoms with Gasteiger partial charge in [0, 0.05) is 54.2 Å². The number of nitrogens with one attached hydrogen (secondary N) is 1.